The van der Waals surface area contributed by atoms with E-state index in [1.165, 1.54) is 65.2 Å². The summed E-state index contributed by atoms with van der Waals surface area (Å²) in [4.78, 5) is 9.84. The van der Waals surface area contributed by atoms with Gasteiger partial charge in [0.15, 0.2) is 0 Å². The van der Waals surface area contributed by atoms with Gasteiger partial charge in [0, 0.05) is 42.7 Å². The Morgan fingerprint density at radius 2 is 0.621 bits per heavy atom. The number of hydrogen-bond acceptors (Lipinski definition) is 12. The van der Waals surface area contributed by atoms with E-state index < -0.39 is 20.5 Å². The van der Waals surface area contributed by atoms with Gasteiger partial charge in [-0.15, -0.1) is 0 Å². The normalized spacial score (nSPS) is 20.3. The number of hydrogen-bond donors (Lipinski definition) is 2. The first-order valence-corrected chi connectivity index (χ1v) is 11.1. The monoisotopic (exact) mass is 514 g/mol. The Labute approximate surface area is 187 Å². The molecule has 0 bridgehead atoms. The summed E-state index contributed by atoms with van der Waals surface area (Å²) in [6.07, 6.45) is 2.56. The Kier molecular flexibility index (Phi) is 21.5. The molecule has 2 N–H and O–H groups in total. The fraction of sp³-hybridized carbons (Fsp3) is 1.00. The predicted molar refractivity (Wildman–Crippen MR) is 83.7 cm³/mol. The Bertz CT molecular complexity index is 315. The van der Waals surface area contributed by atoms with Crippen LogP contribution in [0.4, 0.5) is 0 Å². The van der Waals surface area contributed by atoms with Crippen molar-refractivity contribution in [2.45, 2.75) is 12.8 Å². The summed E-state index contributed by atoms with van der Waals surface area (Å²) in [6.45, 7) is 9.63. The fourth-order valence-corrected chi connectivity index (χ4v) is 2.35. The molecule has 1 aliphatic heterocycles. The van der Waals surface area contributed by atoms with E-state index in [4.69, 9.17) is 37.3 Å². The third-order valence-electron chi connectivity index (χ3n) is 3.89. The van der Waals surface area contributed by atoms with Gasteiger partial charge >= 0.3 is 0 Å². The van der Waals surface area contributed by atoms with Gasteiger partial charge in [0.2, 0.25) is 0 Å². The van der Waals surface area contributed by atoms with Crippen molar-refractivity contribution in [2.75, 3.05) is 80.5 Å². The molecule has 182 valence electrons. The first-order chi connectivity index (χ1) is 12.6. The molecular weight excluding hydrogens is 482 g/mol. The Morgan fingerprint density at radius 1 is 0.483 bits per heavy atom. The molecule has 0 aromatic carbocycles. The van der Waals surface area contributed by atoms with Crippen molar-refractivity contribution in [1.82, 2.24) is 19.6 Å². The van der Waals surface area contributed by atoms with Crippen molar-refractivity contribution >= 4 is 0 Å². The largest absolute Gasteiger partial charge is 0.305 e. The van der Waals surface area contributed by atoms with Gasteiger partial charge in [-0.3, -0.25) is 0 Å². The summed E-state index contributed by atoms with van der Waals surface area (Å²) < 4.78 is 65.4. The van der Waals surface area contributed by atoms with Crippen molar-refractivity contribution in [1.29, 1.82) is 0 Å². The molecular formula is C14H34Cl2N4NiO8. The summed E-state index contributed by atoms with van der Waals surface area (Å²) in [5.41, 5.74) is 0. The van der Waals surface area contributed by atoms with E-state index in [1.807, 2.05) is 0 Å². The van der Waals surface area contributed by atoms with Gasteiger partial charge < -0.3 is 19.6 Å². The van der Waals surface area contributed by atoms with E-state index in [0.717, 1.165) is 0 Å². The van der Waals surface area contributed by atoms with Crippen LogP contribution in [0.2, 0.25) is 0 Å². The van der Waals surface area contributed by atoms with Crippen LogP contribution in [0, 0.1) is 20.5 Å². The van der Waals surface area contributed by atoms with Gasteiger partial charge in [0.25, 0.3) is 0 Å². The molecule has 0 spiro atoms. The van der Waals surface area contributed by atoms with Gasteiger partial charge in [0.05, 0.1) is 29.8 Å². The first kappa shape index (κ1) is 34.2. The molecule has 0 amide bonds. The fourth-order valence-electron chi connectivity index (χ4n) is 2.35. The molecule has 1 aliphatic rings. The van der Waals surface area contributed by atoms with Crippen molar-refractivity contribution in [2.24, 2.45) is 0 Å². The standard InChI is InChI=1S/C14H32N4.2ClHO4.Ni/c1-15-7-5-8-17(3)13-14-18(4)10-6-9-16(2)12-11-15;2*2-1(3,4)5;/h5-14H2,1-4H3;2*(H,2,3,4,5);. The Morgan fingerprint density at radius 3 is 0.759 bits per heavy atom. The number of likely N-dealkylation sites (N-methyl/N-ethyl adjacent to an activating group) is 4. The minimum Gasteiger partial charge on any atom is -0.305 e. The quantitative estimate of drug-likeness (QED) is 0.290. The van der Waals surface area contributed by atoms with Crippen LogP contribution in [0.15, 0.2) is 0 Å². The van der Waals surface area contributed by atoms with Crippen LogP contribution < -0.4 is 28.0 Å². The molecule has 0 saturated carbocycles. The van der Waals surface area contributed by atoms with E-state index in [-0.39, 0.29) is 16.5 Å². The van der Waals surface area contributed by atoms with Crippen molar-refractivity contribution in [3.63, 3.8) is 0 Å². The molecule has 0 unspecified atom stereocenters. The van der Waals surface area contributed by atoms with Crippen LogP contribution in [0.1, 0.15) is 12.8 Å². The summed E-state index contributed by atoms with van der Waals surface area (Å²) >= 11 is 0. The van der Waals surface area contributed by atoms with Crippen LogP contribution in [0.5, 0.6) is 0 Å². The molecule has 1 saturated heterocycles. The molecule has 29 heavy (non-hydrogen) atoms. The zero-order valence-electron chi connectivity index (χ0n) is 17.3. The van der Waals surface area contributed by atoms with Crippen LogP contribution in [0.3, 0.4) is 0 Å². The maximum Gasteiger partial charge on any atom is 0.0777 e. The first-order valence-electron chi connectivity index (χ1n) is 8.58. The molecule has 0 atom stereocenters. The maximum absolute atomic E-state index is 8.60. The Hall–Kier alpha value is 0.594. The zero-order valence-corrected chi connectivity index (χ0v) is 19.8. The minimum atomic E-state index is -4.69. The molecule has 0 aromatic heterocycles. The third-order valence-corrected chi connectivity index (χ3v) is 3.89. The summed E-state index contributed by atoms with van der Waals surface area (Å²) in [5, 5.41) is 0. The molecule has 0 aromatic rings. The maximum atomic E-state index is 8.60. The molecule has 0 radical (unpaired) electrons. The van der Waals surface area contributed by atoms with Crippen molar-refractivity contribution in [3.8, 4) is 0 Å². The molecule has 0 aliphatic carbocycles. The van der Waals surface area contributed by atoms with E-state index >= 15 is 0 Å². The molecule has 12 nitrogen and oxygen atoms in total. The summed E-state index contributed by atoms with van der Waals surface area (Å²) in [6, 6.07) is 0. The second kappa shape index (κ2) is 18.2. The van der Waals surface area contributed by atoms with Gasteiger partial charge in [0.1, 0.15) is 0 Å². The zero-order chi connectivity index (χ0) is 22.4. The molecule has 15 heteroatoms. The second-order valence-electron chi connectivity index (χ2n) is 6.71. The minimum absolute atomic E-state index is 0. The van der Waals surface area contributed by atoms with E-state index in [2.05, 4.69) is 47.8 Å². The number of nitrogens with zero attached hydrogens (tertiary/aromatic N) is 4. The van der Waals surface area contributed by atoms with Crippen molar-refractivity contribution < 1.29 is 74.2 Å². The number of rotatable bonds is 0. The van der Waals surface area contributed by atoms with E-state index in [0.29, 0.717) is 0 Å². The predicted octanol–water partition coefficient (Wildman–Crippen LogP) is -7.74. The summed E-state index contributed by atoms with van der Waals surface area (Å²) in [7, 11) is -0.415. The van der Waals surface area contributed by atoms with E-state index in [9.17, 15) is 0 Å². The average Bonchev–Trinajstić information content (AvgIpc) is 2.47. The molecule has 1 fully saturated rings. The second-order valence-corrected chi connectivity index (χ2v) is 8.30. The SMILES string of the molecule is CN1CCCN(C)CCN(C)CCCN(C)CC1.[Ni].[O-][Cl+3]([O-])([O-])O.[O-][Cl+3]([O-])([O-])O. The number of halogens is 2. The smallest absolute Gasteiger partial charge is 0.0777 e. The van der Waals surface area contributed by atoms with Crippen LogP contribution >= 0.6 is 0 Å². The Balaban J connectivity index is -0.000000512. The van der Waals surface area contributed by atoms with Crippen LogP contribution in [-0.4, -0.2) is 109 Å². The molecule has 1 heterocycles. The van der Waals surface area contributed by atoms with Crippen molar-refractivity contribution in [3.05, 3.63) is 0 Å². The average molecular weight is 516 g/mol. The van der Waals surface area contributed by atoms with Crippen LogP contribution in [0.25, 0.3) is 0 Å². The van der Waals surface area contributed by atoms with Gasteiger partial charge in [-0.25, -0.2) is 0 Å². The summed E-state index contributed by atoms with van der Waals surface area (Å²) in [5.74, 6) is 0. The van der Waals surface area contributed by atoms with Gasteiger partial charge in [-0.05, 0) is 67.2 Å². The topological polar surface area (TPSA) is 192 Å². The van der Waals surface area contributed by atoms with Gasteiger partial charge in [-0.2, -0.15) is 28.0 Å². The third kappa shape index (κ3) is 39.6. The van der Waals surface area contributed by atoms with Gasteiger partial charge in [-0.1, -0.05) is 0 Å². The van der Waals surface area contributed by atoms with E-state index in [1.54, 1.807) is 0 Å². The van der Waals surface area contributed by atoms with Crippen LogP contribution in [-0.2, 0) is 16.5 Å². The molecule has 1 rings (SSSR count).